The van der Waals surface area contributed by atoms with Crippen LogP contribution >= 0.6 is 0 Å². The van der Waals surface area contributed by atoms with E-state index >= 15 is 0 Å². The molecule has 0 aliphatic carbocycles. The third-order valence-corrected chi connectivity index (χ3v) is 17.4. The van der Waals surface area contributed by atoms with Gasteiger partial charge >= 0.3 is 6.09 Å². The highest BCUT2D eigenvalue weighted by atomic mass is 16.6. The predicted molar refractivity (Wildman–Crippen MR) is 406 cm³/mol. The van der Waals surface area contributed by atoms with Gasteiger partial charge in [0, 0.05) is 182 Å². The van der Waals surface area contributed by atoms with Gasteiger partial charge in [0.05, 0.1) is 30.3 Å². The number of nitrogens with zero attached hydrogens (tertiary/aromatic N) is 12. The number of likely N-dealkylation sites (tertiary alicyclic amines) is 1. The van der Waals surface area contributed by atoms with E-state index in [4.69, 9.17) is 9.47 Å². The highest BCUT2D eigenvalue weighted by molar-refractivity contribution is 6.06. The van der Waals surface area contributed by atoms with Crippen LogP contribution in [-0.2, 0) is 77.5 Å². The number of rotatable bonds is 32. The number of piperidine rings is 2. The number of carbonyl (C=O) groups excluding carboxylic acids is 12. The molecule has 2 aliphatic heterocycles. The summed E-state index contributed by atoms with van der Waals surface area (Å²) in [4.78, 5) is 176. The van der Waals surface area contributed by atoms with E-state index in [1.54, 1.807) is 89.5 Å². The summed E-state index contributed by atoms with van der Waals surface area (Å²) >= 11 is 0. The first-order valence-electron chi connectivity index (χ1n) is 36.1. The Hall–Kier alpha value is -12.8. The minimum atomic E-state index is -0.699. The molecule has 7 aromatic heterocycles. The Morgan fingerprint density at radius 1 is 0.468 bits per heavy atom. The molecule has 111 heavy (non-hydrogen) atoms. The van der Waals surface area contributed by atoms with Crippen LogP contribution in [0.3, 0.4) is 0 Å². The average molecular weight is 1530 g/mol. The molecule has 9 heterocycles. The van der Waals surface area contributed by atoms with Gasteiger partial charge in [0.1, 0.15) is 22.7 Å². The normalized spacial score (nSPS) is 12.9. The summed E-state index contributed by atoms with van der Waals surface area (Å²) < 4.78 is 21.3. The number of amides is 12. The van der Waals surface area contributed by atoms with Gasteiger partial charge in [-0.2, -0.15) is 0 Å². The number of ether oxygens (including phenoxy) is 2. The Morgan fingerprint density at radius 3 is 1.52 bits per heavy atom. The number of imidazole rings is 4. The highest BCUT2D eigenvalue weighted by Gasteiger charge is 2.26. The van der Waals surface area contributed by atoms with Crippen LogP contribution in [0.4, 0.5) is 39.3 Å². The van der Waals surface area contributed by atoms with E-state index in [2.05, 4.69) is 107 Å². The fraction of sp³-hybridized carbons (Fsp3) is 0.452. The van der Waals surface area contributed by atoms with Crippen molar-refractivity contribution in [3.63, 3.8) is 0 Å². The first kappa shape index (κ1) is 82.2. The van der Waals surface area contributed by atoms with Gasteiger partial charge in [-0.05, 0) is 96.0 Å². The van der Waals surface area contributed by atoms with Crippen LogP contribution in [-0.4, -0.2) is 206 Å². The number of nitrogens with one attached hydrogen (secondary N) is 12. The minimum absolute atomic E-state index is 0.0120. The van der Waals surface area contributed by atoms with Crippen LogP contribution in [0.2, 0.25) is 0 Å². The Balaban J connectivity index is 0.677. The summed E-state index contributed by atoms with van der Waals surface area (Å²) in [6.07, 6.45) is 14.9. The summed E-state index contributed by atoms with van der Waals surface area (Å²) in [5.41, 5.74) is 0.647. The molecule has 38 nitrogen and oxygen atoms in total. The lowest BCUT2D eigenvalue weighted by atomic mass is 9.97. The number of alkyl carbamates (subject to hydrolysis) is 1. The molecule has 9 rings (SSSR count). The quantitative estimate of drug-likeness (QED) is 0.0213. The number of aromatic nitrogens is 11. The summed E-state index contributed by atoms with van der Waals surface area (Å²) in [6.45, 7) is 8.71. The van der Waals surface area contributed by atoms with Crippen LogP contribution in [0.1, 0.15) is 152 Å². The molecule has 2 fully saturated rings. The van der Waals surface area contributed by atoms with Gasteiger partial charge in [-0.15, -0.1) is 0 Å². The topological polar surface area (TPSA) is 457 Å². The molecule has 0 atom stereocenters. The molecular formula is C73H94N24O14. The number of anilines is 6. The smallest absolute Gasteiger partial charge is 0.407 e. The lowest BCUT2D eigenvalue weighted by Crippen LogP contribution is -2.40. The molecular weight excluding hydrogens is 1440 g/mol. The first-order valence-corrected chi connectivity index (χ1v) is 36.1. The maximum Gasteiger partial charge on any atom is 0.407 e. The Labute approximate surface area is 639 Å². The standard InChI is InChI=1S/C73H94N24O14/c1-73(2,3)111-72(109)80-30-35-110-36-34-97-42-50(83-71(108)64-87-55(44-95(64)9)85-59(100)19-26-77-65(102)51-38-49(41-91(51)5)82-70(107)61-75-29-33-90(61)4)39-53(97)66(103)76-23-12-15-57(98)84-54-43-93(7)62(86-54)68(105)78-27-18-58(99)81-48-37-52(92(6)40-48)67(104)89-56-45-94(8)63(88-56)69(106)79-28-20-60(101)96-31-21-47(22-32-96)14-11-10-13-46-16-24-74-25-17-46/h29,33,37-47,74H,12,15-28,30-32,34-36H2,1-9H3,(H,76,103)(H,77,102)(H,78,105)(H,79,106)(H,80,109)(H,81,99)(H,82,107)(H,83,108)(H,84,98)(H,85,100)(H,89,104). The fourth-order valence-corrected chi connectivity index (χ4v) is 11.8. The SMILES string of the molecule is Cn1cc(NC(=O)c2nccn2C)cc1C(=O)NCCC(=O)Nc1cn(C)c(C(=O)Nc2cc(C(=O)NCCCC(=O)Nc3cn(C)c(C(=O)NCCC(=O)Nc4cc(C(=O)Nc5cn(C)c(C(=O)NCCC(=O)N6CCC(C#CC#CC7CCNCC7)CC6)n5)n(C)c4)n3)n(CCOCCNC(=O)OC(C)(C)C)c2)n1. The van der Waals surface area contributed by atoms with E-state index in [0.717, 1.165) is 38.8 Å². The van der Waals surface area contributed by atoms with Crippen LogP contribution in [0.25, 0.3) is 0 Å². The molecule has 12 N–H and O–H groups in total. The highest BCUT2D eigenvalue weighted by Crippen LogP contribution is 2.22. The van der Waals surface area contributed by atoms with Gasteiger partial charge in [0.25, 0.3) is 41.4 Å². The van der Waals surface area contributed by atoms with Gasteiger partial charge < -0.3 is 110 Å². The molecule has 2 aliphatic rings. The lowest BCUT2D eigenvalue weighted by Gasteiger charge is -2.29. The van der Waals surface area contributed by atoms with Crippen LogP contribution in [0.15, 0.2) is 67.8 Å². The Bertz CT molecular complexity index is 4710. The molecule has 0 aromatic carbocycles. The molecule has 590 valence electrons. The summed E-state index contributed by atoms with van der Waals surface area (Å²) in [5.74, 6) is 7.83. The molecule has 0 spiro atoms. The summed E-state index contributed by atoms with van der Waals surface area (Å²) in [5, 5.41) is 32.9. The molecule has 0 radical (unpaired) electrons. The third kappa shape index (κ3) is 24.6. The second kappa shape index (κ2) is 38.8. The zero-order chi connectivity index (χ0) is 79.9. The maximum absolute atomic E-state index is 13.8. The van der Waals surface area contributed by atoms with E-state index in [1.807, 2.05) is 0 Å². The fourth-order valence-electron chi connectivity index (χ4n) is 11.8. The van der Waals surface area contributed by atoms with Crippen molar-refractivity contribution in [2.75, 3.05) is 104 Å². The molecule has 2 saturated heterocycles. The van der Waals surface area contributed by atoms with Crippen molar-refractivity contribution in [3.8, 4) is 23.7 Å². The maximum atomic E-state index is 13.8. The Morgan fingerprint density at radius 2 is 0.946 bits per heavy atom. The number of carbonyl (C=O) groups is 12. The second-order valence-corrected chi connectivity index (χ2v) is 27.4. The summed E-state index contributed by atoms with van der Waals surface area (Å²) in [6, 6.07) is 4.37. The second-order valence-electron chi connectivity index (χ2n) is 27.4. The lowest BCUT2D eigenvalue weighted by molar-refractivity contribution is -0.132. The molecule has 12 amide bonds. The van der Waals surface area contributed by atoms with Gasteiger partial charge in [0.15, 0.2) is 23.3 Å². The molecule has 0 unspecified atom stereocenters. The molecule has 0 bridgehead atoms. The van der Waals surface area contributed by atoms with Gasteiger partial charge in [-0.3, -0.25) is 52.7 Å². The van der Waals surface area contributed by atoms with Crippen molar-refractivity contribution in [1.29, 1.82) is 0 Å². The molecule has 7 aromatic rings. The third-order valence-electron chi connectivity index (χ3n) is 17.4. The van der Waals surface area contributed by atoms with Gasteiger partial charge in [-0.1, -0.05) is 11.8 Å². The molecule has 38 heteroatoms. The van der Waals surface area contributed by atoms with Crippen molar-refractivity contribution in [2.45, 2.75) is 90.7 Å². The van der Waals surface area contributed by atoms with Gasteiger partial charge in [0.2, 0.25) is 41.1 Å². The Kier molecular flexibility index (Phi) is 28.7. The summed E-state index contributed by atoms with van der Waals surface area (Å²) in [7, 11) is 9.59. The van der Waals surface area contributed by atoms with Crippen molar-refractivity contribution in [2.24, 2.45) is 54.1 Å². The molecule has 0 saturated carbocycles. The van der Waals surface area contributed by atoms with E-state index in [-0.39, 0.29) is 160 Å². The van der Waals surface area contributed by atoms with Crippen molar-refractivity contribution in [3.05, 3.63) is 108 Å². The van der Waals surface area contributed by atoms with Crippen LogP contribution < -0.4 is 63.8 Å². The number of hydrogen-bond donors (Lipinski definition) is 12. The first-order chi connectivity index (χ1) is 53.0. The number of hydrogen-bond acceptors (Lipinski definition) is 19. The van der Waals surface area contributed by atoms with Gasteiger partial charge in [-0.25, -0.2) is 24.7 Å². The minimum Gasteiger partial charge on any atom is -0.444 e. The van der Waals surface area contributed by atoms with E-state index < -0.39 is 70.8 Å². The predicted octanol–water partition coefficient (Wildman–Crippen LogP) is 2.43. The average Bonchev–Trinajstić information content (AvgIpc) is 1.69. The van der Waals surface area contributed by atoms with Crippen LogP contribution in [0, 0.1) is 35.5 Å². The van der Waals surface area contributed by atoms with Crippen molar-refractivity contribution in [1.82, 2.24) is 88.7 Å². The van der Waals surface area contributed by atoms with E-state index in [1.165, 1.54) is 78.2 Å². The zero-order valence-electron chi connectivity index (χ0n) is 63.4. The zero-order valence-corrected chi connectivity index (χ0v) is 63.4. The van der Waals surface area contributed by atoms with E-state index in [9.17, 15) is 57.5 Å². The van der Waals surface area contributed by atoms with Crippen LogP contribution in [0.5, 0.6) is 0 Å². The van der Waals surface area contributed by atoms with E-state index in [0.29, 0.717) is 30.4 Å². The monoisotopic (exact) mass is 1530 g/mol. The van der Waals surface area contributed by atoms with Crippen molar-refractivity contribution >= 4 is 106 Å². The largest absolute Gasteiger partial charge is 0.444 e. The van der Waals surface area contributed by atoms with Crippen molar-refractivity contribution < 1.29 is 67.0 Å². The number of aryl methyl sites for hydroxylation is 6.